The predicted octanol–water partition coefficient (Wildman–Crippen LogP) is 5.16. The molecule has 0 spiro atoms. The summed E-state index contributed by atoms with van der Waals surface area (Å²) < 4.78 is 38.0. The second kappa shape index (κ2) is 8.17. The van der Waals surface area contributed by atoms with Gasteiger partial charge >= 0.3 is 6.18 Å². The molecule has 0 bridgehead atoms. The van der Waals surface area contributed by atoms with Crippen LogP contribution in [-0.4, -0.2) is 41.1 Å². The van der Waals surface area contributed by atoms with Gasteiger partial charge in [0.1, 0.15) is 5.69 Å². The van der Waals surface area contributed by atoms with Gasteiger partial charge in [-0.25, -0.2) is 4.98 Å². The number of pyridine rings is 1. The van der Waals surface area contributed by atoms with Gasteiger partial charge in [0.2, 0.25) is 0 Å². The van der Waals surface area contributed by atoms with E-state index in [-0.39, 0.29) is 0 Å². The zero-order valence-corrected chi connectivity index (χ0v) is 16.9. The van der Waals surface area contributed by atoms with E-state index >= 15 is 0 Å². The summed E-state index contributed by atoms with van der Waals surface area (Å²) in [5.41, 5.74) is -0.0915. The number of hydrogen-bond donors (Lipinski definition) is 0. The number of hydrogen-bond acceptors (Lipinski definition) is 3. The van der Waals surface area contributed by atoms with Gasteiger partial charge in [0.25, 0.3) is 0 Å². The lowest BCUT2D eigenvalue weighted by Gasteiger charge is -2.37. The molecule has 7 heteroatoms. The summed E-state index contributed by atoms with van der Waals surface area (Å²) >= 11 is 5.73. The van der Waals surface area contributed by atoms with Crippen molar-refractivity contribution >= 4 is 22.9 Å². The molecule has 2 aliphatic carbocycles. The Morgan fingerprint density at radius 1 is 1.07 bits per heavy atom. The fourth-order valence-electron chi connectivity index (χ4n) is 4.95. The lowest BCUT2D eigenvalue weighted by molar-refractivity contribution is -0.141. The van der Waals surface area contributed by atoms with Crippen LogP contribution in [0.3, 0.4) is 0 Å². The molecule has 2 atom stereocenters. The molecule has 0 amide bonds. The molecule has 0 aromatic carbocycles. The maximum Gasteiger partial charge on any atom is 0.433 e. The Bertz CT molecular complexity index is 677. The Hall–Kier alpha value is -1.37. The molecule has 1 saturated heterocycles. The number of piperazine rings is 1. The normalized spacial score (nSPS) is 26.4. The van der Waals surface area contributed by atoms with Crippen LogP contribution >= 0.6 is 12.2 Å². The minimum Gasteiger partial charge on any atom is -0.367 e. The first-order valence-corrected chi connectivity index (χ1v) is 10.9. The third-order valence-corrected chi connectivity index (χ3v) is 7.13. The first-order chi connectivity index (χ1) is 13.4. The van der Waals surface area contributed by atoms with Gasteiger partial charge in [-0.3, -0.25) is 0 Å². The Morgan fingerprint density at radius 3 is 2.39 bits per heavy atom. The summed E-state index contributed by atoms with van der Waals surface area (Å²) in [6.07, 6.45) is 6.36. The monoisotopic (exact) mass is 411 g/mol. The van der Waals surface area contributed by atoms with Crippen molar-refractivity contribution in [2.75, 3.05) is 31.1 Å². The highest BCUT2D eigenvalue weighted by Gasteiger charge is 2.43. The lowest BCUT2D eigenvalue weighted by atomic mass is 9.85. The number of aromatic nitrogens is 1. The third kappa shape index (κ3) is 4.61. The molecule has 0 N–H and O–H groups in total. The quantitative estimate of drug-likeness (QED) is 0.638. The van der Waals surface area contributed by atoms with E-state index in [2.05, 4.69) is 14.8 Å². The molecule has 3 aliphatic rings. The van der Waals surface area contributed by atoms with Crippen LogP contribution in [0.25, 0.3) is 0 Å². The molecule has 154 valence electrons. The van der Waals surface area contributed by atoms with Crippen LogP contribution in [0.1, 0.15) is 50.6 Å². The van der Waals surface area contributed by atoms with Crippen molar-refractivity contribution in [3.8, 4) is 0 Å². The summed E-state index contributed by atoms with van der Waals surface area (Å²) in [7, 11) is 0. The van der Waals surface area contributed by atoms with Crippen molar-refractivity contribution in [2.45, 2.75) is 51.1 Å². The summed E-state index contributed by atoms with van der Waals surface area (Å²) in [5.74, 6) is 2.62. The highest BCUT2D eigenvalue weighted by Crippen LogP contribution is 2.51. The van der Waals surface area contributed by atoms with Gasteiger partial charge in [-0.05, 0) is 36.3 Å². The predicted molar refractivity (Wildman–Crippen MR) is 108 cm³/mol. The van der Waals surface area contributed by atoms with Gasteiger partial charge < -0.3 is 9.80 Å². The zero-order chi connectivity index (χ0) is 19.7. The first-order valence-electron chi connectivity index (χ1n) is 10.5. The van der Waals surface area contributed by atoms with Gasteiger partial charge in [0.15, 0.2) is 0 Å². The minimum atomic E-state index is -4.39. The van der Waals surface area contributed by atoms with Gasteiger partial charge in [-0.2, -0.15) is 13.2 Å². The van der Waals surface area contributed by atoms with E-state index in [0.29, 0.717) is 0 Å². The second-order valence-corrected chi connectivity index (χ2v) is 9.00. The Balaban J connectivity index is 1.23. The Morgan fingerprint density at radius 2 is 1.79 bits per heavy atom. The van der Waals surface area contributed by atoms with Crippen molar-refractivity contribution in [3.63, 3.8) is 0 Å². The van der Waals surface area contributed by atoms with Crippen molar-refractivity contribution in [3.05, 3.63) is 24.0 Å². The maximum atomic E-state index is 12.7. The molecule has 2 heterocycles. The van der Waals surface area contributed by atoms with Crippen molar-refractivity contribution in [2.24, 2.45) is 17.8 Å². The number of rotatable bonds is 4. The van der Waals surface area contributed by atoms with Gasteiger partial charge in [0, 0.05) is 32.6 Å². The number of thiocarbonyl (C=S) groups is 1. The molecular weight excluding hydrogens is 383 g/mol. The average molecular weight is 412 g/mol. The summed E-state index contributed by atoms with van der Waals surface area (Å²) in [5, 5.41) is 0. The molecule has 1 aliphatic heterocycles. The van der Waals surface area contributed by atoms with Gasteiger partial charge in [-0.15, -0.1) is 0 Å². The summed E-state index contributed by atoms with van der Waals surface area (Å²) in [4.78, 5) is 9.03. The van der Waals surface area contributed by atoms with E-state index in [1.54, 1.807) is 0 Å². The number of anilines is 1. The smallest absolute Gasteiger partial charge is 0.367 e. The molecule has 1 aromatic heterocycles. The van der Waals surface area contributed by atoms with Crippen LogP contribution in [0.4, 0.5) is 18.9 Å². The van der Waals surface area contributed by atoms with E-state index in [1.165, 1.54) is 50.8 Å². The fraction of sp³-hybridized carbons (Fsp3) is 0.714. The summed E-state index contributed by atoms with van der Waals surface area (Å²) in [6.45, 7) is 3.20. The zero-order valence-electron chi connectivity index (χ0n) is 16.1. The SMILES string of the molecule is FC(F)(F)c1ccc(N2CCN(C(=S)CC3CC3C3CCCCC3)CC2)cn1. The largest absolute Gasteiger partial charge is 0.433 e. The Labute approximate surface area is 170 Å². The fourth-order valence-corrected chi connectivity index (χ4v) is 5.35. The highest BCUT2D eigenvalue weighted by atomic mass is 32.1. The average Bonchev–Trinajstić information content (AvgIpc) is 3.47. The molecule has 28 heavy (non-hydrogen) atoms. The number of halogens is 3. The highest BCUT2D eigenvalue weighted by molar-refractivity contribution is 7.80. The second-order valence-electron chi connectivity index (χ2n) is 8.53. The van der Waals surface area contributed by atoms with E-state index < -0.39 is 11.9 Å². The molecular formula is C21H28F3N3S. The van der Waals surface area contributed by atoms with Crippen LogP contribution in [0, 0.1) is 17.8 Å². The lowest BCUT2D eigenvalue weighted by Crippen LogP contribution is -2.48. The van der Waals surface area contributed by atoms with Crippen molar-refractivity contribution in [1.82, 2.24) is 9.88 Å². The standard InChI is InChI=1S/C21H28F3N3S/c22-21(23,24)19-7-6-17(14-25-19)26-8-10-27(11-9-26)20(28)13-16-12-18(16)15-4-2-1-3-5-15/h6-7,14-16,18H,1-5,8-13H2. The Kier molecular flexibility index (Phi) is 5.81. The van der Waals surface area contributed by atoms with Crippen LogP contribution in [-0.2, 0) is 6.18 Å². The van der Waals surface area contributed by atoms with Gasteiger partial charge in [0.05, 0.1) is 16.9 Å². The topological polar surface area (TPSA) is 19.4 Å². The van der Waals surface area contributed by atoms with Crippen LogP contribution < -0.4 is 4.90 Å². The molecule has 3 nitrogen and oxygen atoms in total. The maximum absolute atomic E-state index is 12.7. The van der Waals surface area contributed by atoms with E-state index in [0.717, 1.165) is 67.1 Å². The van der Waals surface area contributed by atoms with E-state index in [9.17, 15) is 13.2 Å². The third-order valence-electron chi connectivity index (χ3n) is 6.71. The molecule has 2 unspecified atom stereocenters. The van der Waals surface area contributed by atoms with Crippen molar-refractivity contribution < 1.29 is 13.2 Å². The van der Waals surface area contributed by atoms with Crippen LogP contribution in [0.5, 0.6) is 0 Å². The van der Waals surface area contributed by atoms with Crippen LogP contribution in [0.2, 0.25) is 0 Å². The van der Waals surface area contributed by atoms with Crippen LogP contribution in [0.15, 0.2) is 18.3 Å². The molecule has 1 aromatic rings. The summed E-state index contributed by atoms with van der Waals surface area (Å²) in [6, 6.07) is 2.58. The number of alkyl halides is 3. The molecule has 2 saturated carbocycles. The van der Waals surface area contributed by atoms with E-state index in [4.69, 9.17) is 12.2 Å². The molecule has 4 rings (SSSR count). The van der Waals surface area contributed by atoms with E-state index in [1.807, 2.05) is 0 Å². The van der Waals surface area contributed by atoms with Crippen molar-refractivity contribution in [1.29, 1.82) is 0 Å². The minimum absolute atomic E-state index is 0.748. The number of nitrogens with zero attached hydrogens (tertiary/aromatic N) is 3. The van der Waals surface area contributed by atoms with Gasteiger partial charge in [-0.1, -0.05) is 44.3 Å². The first kappa shape index (κ1) is 19.9. The molecule has 0 radical (unpaired) electrons. The molecule has 3 fully saturated rings.